The molecule has 0 fully saturated rings. The first-order valence-electron chi connectivity index (χ1n) is 11.6. The number of nitrogens with one attached hydrogen (secondary N) is 1. The van der Waals surface area contributed by atoms with Crippen LogP contribution < -0.4 is 14.4 Å². The van der Waals surface area contributed by atoms with E-state index >= 15 is 0 Å². The third-order valence-electron chi connectivity index (χ3n) is 5.90. The van der Waals surface area contributed by atoms with Crippen LogP contribution in [0.25, 0.3) is 0 Å². The molecule has 10 heteroatoms. The van der Waals surface area contributed by atoms with Crippen LogP contribution >= 0.6 is 0 Å². The largest absolute Gasteiger partial charge is 0.497 e. The van der Waals surface area contributed by atoms with Crippen LogP contribution in [0.5, 0.6) is 5.75 Å². The van der Waals surface area contributed by atoms with E-state index in [0.717, 1.165) is 22.0 Å². The van der Waals surface area contributed by atoms with Crippen molar-refractivity contribution in [3.05, 3.63) is 89.7 Å². The van der Waals surface area contributed by atoms with Crippen LogP contribution in [0.3, 0.4) is 0 Å². The van der Waals surface area contributed by atoms with Crippen molar-refractivity contribution in [2.24, 2.45) is 0 Å². The Morgan fingerprint density at radius 1 is 1.03 bits per heavy atom. The molecule has 1 atom stereocenters. The lowest BCUT2D eigenvalue weighted by Gasteiger charge is -2.31. The maximum atomic E-state index is 13.7. The van der Waals surface area contributed by atoms with Gasteiger partial charge in [-0.05, 0) is 67.9 Å². The predicted molar refractivity (Wildman–Crippen MR) is 139 cm³/mol. The summed E-state index contributed by atoms with van der Waals surface area (Å²) in [4.78, 5) is 27.5. The van der Waals surface area contributed by atoms with E-state index in [-0.39, 0.29) is 17.1 Å². The van der Waals surface area contributed by atoms with Crippen molar-refractivity contribution in [1.82, 2.24) is 10.2 Å². The van der Waals surface area contributed by atoms with Crippen molar-refractivity contribution >= 4 is 27.5 Å². The number of carbonyl (C=O) groups excluding carboxylic acids is 2. The maximum absolute atomic E-state index is 13.7. The fraction of sp³-hybridized carbons (Fsp3) is 0.259. The molecule has 0 unspecified atom stereocenters. The fourth-order valence-electron chi connectivity index (χ4n) is 3.73. The van der Waals surface area contributed by atoms with E-state index in [1.807, 2.05) is 6.92 Å². The molecule has 0 aromatic heterocycles. The molecule has 0 aliphatic rings. The van der Waals surface area contributed by atoms with Gasteiger partial charge in [-0.1, -0.05) is 29.8 Å². The number of aryl methyl sites for hydroxylation is 1. The molecule has 3 aromatic rings. The summed E-state index contributed by atoms with van der Waals surface area (Å²) in [7, 11) is -1.23. The first kappa shape index (κ1) is 27.7. The number of nitrogens with zero attached hydrogens (tertiary/aromatic N) is 2. The number of methoxy groups -OCH3 is 1. The summed E-state index contributed by atoms with van der Waals surface area (Å²) in [5.74, 6) is -0.993. The number of hydrogen-bond donors (Lipinski definition) is 1. The Hall–Kier alpha value is -3.92. The van der Waals surface area contributed by atoms with Gasteiger partial charge in [0.1, 0.15) is 24.2 Å². The summed E-state index contributed by atoms with van der Waals surface area (Å²) < 4.78 is 47.1. The molecule has 1 N–H and O–H groups in total. The highest BCUT2D eigenvalue weighted by Crippen LogP contribution is 2.25. The Labute approximate surface area is 216 Å². The third-order valence-corrected chi connectivity index (χ3v) is 7.69. The van der Waals surface area contributed by atoms with Gasteiger partial charge in [-0.25, -0.2) is 12.8 Å². The summed E-state index contributed by atoms with van der Waals surface area (Å²) in [6, 6.07) is 17.2. The minimum atomic E-state index is -4.20. The van der Waals surface area contributed by atoms with Gasteiger partial charge in [-0.2, -0.15) is 0 Å². The van der Waals surface area contributed by atoms with E-state index < -0.39 is 40.2 Å². The number of anilines is 1. The summed E-state index contributed by atoms with van der Waals surface area (Å²) in [6.07, 6.45) is 0. The average Bonchev–Trinajstić information content (AvgIpc) is 2.90. The monoisotopic (exact) mass is 527 g/mol. The normalized spacial score (nSPS) is 11.9. The molecule has 2 amide bonds. The van der Waals surface area contributed by atoms with E-state index in [1.165, 1.54) is 43.3 Å². The molecule has 37 heavy (non-hydrogen) atoms. The summed E-state index contributed by atoms with van der Waals surface area (Å²) in [6.45, 7) is 2.82. The predicted octanol–water partition coefficient (Wildman–Crippen LogP) is 3.50. The molecular formula is C27H30FN3O5S. The van der Waals surface area contributed by atoms with Crippen molar-refractivity contribution in [2.75, 3.05) is 25.0 Å². The molecule has 3 rings (SSSR count). The third kappa shape index (κ3) is 6.65. The van der Waals surface area contributed by atoms with Gasteiger partial charge < -0.3 is 15.0 Å². The standard InChI is InChI=1S/C27H30FN3O5S/c1-19-8-14-25(15-9-19)37(34,35)31(23-12-10-22(28)11-13-23)18-26(32)30(20(2)27(33)29-3)17-21-6-5-7-24(16-21)36-4/h5-16,20H,17-18H2,1-4H3,(H,29,33)/t20-/m1/s1. The number of halogens is 1. The minimum absolute atomic E-state index is 0.0195. The summed E-state index contributed by atoms with van der Waals surface area (Å²) >= 11 is 0. The zero-order valence-electron chi connectivity index (χ0n) is 21.1. The molecule has 0 spiro atoms. The molecule has 0 bridgehead atoms. The van der Waals surface area contributed by atoms with Crippen LogP contribution in [0.1, 0.15) is 18.1 Å². The SMILES string of the molecule is CNC(=O)[C@@H](C)N(Cc1cccc(OC)c1)C(=O)CN(c1ccc(F)cc1)S(=O)(=O)c1ccc(C)cc1. The number of sulfonamides is 1. The zero-order valence-corrected chi connectivity index (χ0v) is 22.0. The van der Waals surface area contributed by atoms with Crippen molar-refractivity contribution < 1.29 is 27.1 Å². The number of hydrogen-bond acceptors (Lipinski definition) is 5. The first-order chi connectivity index (χ1) is 17.6. The average molecular weight is 528 g/mol. The van der Waals surface area contributed by atoms with E-state index in [0.29, 0.717) is 11.3 Å². The molecule has 0 aliphatic heterocycles. The van der Waals surface area contributed by atoms with Crippen molar-refractivity contribution in [1.29, 1.82) is 0 Å². The highest BCUT2D eigenvalue weighted by atomic mass is 32.2. The van der Waals surface area contributed by atoms with Crippen LogP contribution in [0, 0.1) is 12.7 Å². The van der Waals surface area contributed by atoms with Gasteiger partial charge in [-0.3, -0.25) is 13.9 Å². The molecule has 3 aromatic carbocycles. The second-order valence-electron chi connectivity index (χ2n) is 8.46. The number of amides is 2. The Bertz CT molecular complexity index is 1350. The highest BCUT2D eigenvalue weighted by Gasteiger charge is 2.32. The van der Waals surface area contributed by atoms with Gasteiger partial charge in [0.15, 0.2) is 0 Å². The summed E-state index contributed by atoms with van der Waals surface area (Å²) in [5.41, 5.74) is 1.68. The van der Waals surface area contributed by atoms with Gasteiger partial charge in [0.2, 0.25) is 11.8 Å². The van der Waals surface area contributed by atoms with Crippen molar-refractivity contribution in [2.45, 2.75) is 31.3 Å². The van der Waals surface area contributed by atoms with E-state index in [4.69, 9.17) is 4.74 Å². The molecule has 0 aliphatic carbocycles. The number of rotatable bonds is 10. The molecule has 196 valence electrons. The Morgan fingerprint density at radius 2 is 1.68 bits per heavy atom. The molecule has 0 saturated heterocycles. The Balaban J connectivity index is 2.02. The number of benzene rings is 3. The lowest BCUT2D eigenvalue weighted by atomic mass is 10.1. The topological polar surface area (TPSA) is 96.0 Å². The Kier molecular flexibility index (Phi) is 8.88. The number of ether oxygens (including phenoxy) is 1. The van der Waals surface area contributed by atoms with Gasteiger partial charge in [0.25, 0.3) is 10.0 Å². The molecule has 0 radical (unpaired) electrons. The van der Waals surface area contributed by atoms with Crippen LogP contribution in [0.15, 0.2) is 77.7 Å². The van der Waals surface area contributed by atoms with Gasteiger partial charge in [0.05, 0.1) is 17.7 Å². The number of likely N-dealkylation sites (N-methyl/N-ethyl adjacent to an activating group) is 1. The van der Waals surface area contributed by atoms with Crippen molar-refractivity contribution in [3.8, 4) is 5.75 Å². The number of carbonyl (C=O) groups is 2. The van der Waals surface area contributed by atoms with Crippen LogP contribution in [0.4, 0.5) is 10.1 Å². The fourth-order valence-corrected chi connectivity index (χ4v) is 5.15. The molecule has 0 saturated carbocycles. The first-order valence-corrected chi connectivity index (χ1v) is 13.0. The van der Waals surface area contributed by atoms with E-state index in [9.17, 15) is 22.4 Å². The minimum Gasteiger partial charge on any atom is -0.497 e. The maximum Gasteiger partial charge on any atom is 0.264 e. The molecule has 0 heterocycles. The van der Waals surface area contributed by atoms with E-state index in [2.05, 4.69) is 5.32 Å². The zero-order chi connectivity index (χ0) is 27.2. The van der Waals surface area contributed by atoms with Gasteiger partial charge in [-0.15, -0.1) is 0 Å². The van der Waals surface area contributed by atoms with Gasteiger partial charge >= 0.3 is 0 Å². The van der Waals surface area contributed by atoms with Crippen LogP contribution in [0.2, 0.25) is 0 Å². The Morgan fingerprint density at radius 3 is 2.27 bits per heavy atom. The van der Waals surface area contributed by atoms with E-state index in [1.54, 1.807) is 43.3 Å². The second-order valence-corrected chi connectivity index (χ2v) is 10.3. The lowest BCUT2D eigenvalue weighted by molar-refractivity contribution is -0.139. The summed E-state index contributed by atoms with van der Waals surface area (Å²) in [5, 5.41) is 2.53. The van der Waals surface area contributed by atoms with Gasteiger partial charge in [0, 0.05) is 13.6 Å². The second kappa shape index (κ2) is 11.9. The smallest absolute Gasteiger partial charge is 0.264 e. The quantitative estimate of drug-likeness (QED) is 0.436. The van der Waals surface area contributed by atoms with Crippen LogP contribution in [-0.4, -0.2) is 51.9 Å². The molecule has 8 nitrogen and oxygen atoms in total. The molecular weight excluding hydrogens is 497 g/mol. The van der Waals surface area contributed by atoms with Crippen LogP contribution in [-0.2, 0) is 26.2 Å². The lowest BCUT2D eigenvalue weighted by Crippen LogP contribution is -2.50. The highest BCUT2D eigenvalue weighted by molar-refractivity contribution is 7.92. The van der Waals surface area contributed by atoms with Crippen molar-refractivity contribution in [3.63, 3.8) is 0 Å².